The topological polar surface area (TPSA) is 42.0 Å². The van der Waals surface area contributed by atoms with Crippen molar-refractivity contribution in [2.45, 2.75) is 33.2 Å². The molecule has 0 unspecified atom stereocenters. The number of hydrogen-bond donors (Lipinski definition) is 1. The zero-order valence-electron chi connectivity index (χ0n) is 9.50. The summed E-state index contributed by atoms with van der Waals surface area (Å²) in [6.45, 7) is 7.79. The smallest absolute Gasteiger partial charge is 0.244 e. The van der Waals surface area contributed by atoms with Crippen molar-refractivity contribution in [2.24, 2.45) is 0 Å². The van der Waals surface area contributed by atoms with Gasteiger partial charge in [0, 0.05) is 17.0 Å². The number of nitrogens with one attached hydrogen (secondary N) is 1. The van der Waals surface area contributed by atoms with Gasteiger partial charge in [0.15, 0.2) is 0 Å². The van der Waals surface area contributed by atoms with Crippen molar-refractivity contribution < 1.29 is 4.79 Å². The molecule has 1 rings (SSSR count). The summed E-state index contributed by atoms with van der Waals surface area (Å²) in [6, 6.07) is 0. The number of rotatable bonds is 2. The highest BCUT2D eigenvalue weighted by molar-refractivity contribution is 7.09. The van der Waals surface area contributed by atoms with Crippen LogP contribution in [-0.4, -0.2) is 16.4 Å². The molecule has 0 radical (unpaired) electrons. The number of carbonyl (C=O) groups is 1. The van der Waals surface area contributed by atoms with Crippen molar-refractivity contribution in [2.75, 3.05) is 0 Å². The number of aryl methyl sites for hydroxylation is 1. The highest BCUT2D eigenvalue weighted by Crippen LogP contribution is 2.09. The lowest BCUT2D eigenvalue weighted by atomic mass is 10.1. The Kier molecular flexibility index (Phi) is 3.63. The third-order valence-electron chi connectivity index (χ3n) is 1.54. The lowest BCUT2D eigenvalue weighted by molar-refractivity contribution is -0.117. The molecular weight excluding hydrogens is 208 g/mol. The molecule has 3 nitrogen and oxygen atoms in total. The van der Waals surface area contributed by atoms with Gasteiger partial charge in [-0.25, -0.2) is 4.98 Å². The van der Waals surface area contributed by atoms with Gasteiger partial charge in [-0.15, -0.1) is 11.3 Å². The van der Waals surface area contributed by atoms with Crippen molar-refractivity contribution in [1.29, 1.82) is 0 Å². The van der Waals surface area contributed by atoms with Crippen LogP contribution in [0.3, 0.4) is 0 Å². The fourth-order valence-corrected chi connectivity index (χ4v) is 1.61. The van der Waals surface area contributed by atoms with Crippen molar-refractivity contribution in [3.63, 3.8) is 0 Å². The normalized spacial score (nSPS) is 12.0. The number of amides is 1. The Bertz CT molecular complexity index is 374. The van der Waals surface area contributed by atoms with E-state index in [1.807, 2.05) is 33.1 Å². The van der Waals surface area contributed by atoms with Crippen molar-refractivity contribution in [1.82, 2.24) is 10.3 Å². The van der Waals surface area contributed by atoms with Gasteiger partial charge in [-0.1, -0.05) is 0 Å². The predicted octanol–water partition coefficient (Wildman–Crippen LogP) is 2.38. The quantitative estimate of drug-likeness (QED) is 0.784. The molecule has 4 heteroatoms. The molecule has 0 saturated heterocycles. The second kappa shape index (κ2) is 4.57. The summed E-state index contributed by atoms with van der Waals surface area (Å²) in [5.74, 6) is -0.0897. The van der Waals surface area contributed by atoms with Gasteiger partial charge < -0.3 is 5.32 Å². The highest BCUT2D eigenvalue weighted by atomic mass is 32.1. The van der Waals surface area contributed by atoms with E-state index in [1.165, 1.54) is 6.08 Å². The van der Waals surface area contributed by atoms with Gasteiger partial charge in [0.05, 0.1) is 10.7 Å². The fourth-order valence-electron chi connectivity index (χ4n) is 1.03. The second-order valence-corrected chi connectivity index (χ2v) is 5.43. The number of nitrogens with zero attached hydrogens (tertiary/aromatic N) is 1. The van der Waals surface area contributed by atoms with Crippen LogP contribution in [-0.2, 0) is 4.79 Å². The van der Waals surface area contributed by atoms with Gasteiger partial charge in [0.25, 0.3) is 0 Å². The molecule has 1 N–H and O–H groups in total. The summed E-state index contributed by atoms with van der Waals surface area (Å²) in [7, 11) is 0. The summed E-state index contributed by atoms with van der Waals surface area (Å²) in [5, 5.41) is 5.78. The maximum atomic E-state index is 11.4. The van der Waals surface area contributed by atoms with Gasteiger partial charge in [0.2, 0.25) is 5.91 Å². The average Bonchev–Trinajstić information content (AvgIpc) is 2.45. The van der Waals surface area contributed by atoms with E-state index < -0.39 is 0 Å². The van der Waals surface area contributed by atoms with Gasteiger partial charge in [-0.05, 0) is 33.8 Å². The fraction of sp³-hybridized carbons (Fsp3) is 0.455. The maximum Gasteiger partial charge on any atom is 0.244 e. The number of aromatic nitrogens is 1. The summed E-state index contributed by atoms with van der Waals surface area (Å²) >= 11 is 1.58. The highest BCUT2D eigenvalue weighted by Gasteiger charge is 2.11. The molecule has 0 aromatic carbocycles. The molecule has 0 atom stereocenters. The van der Waals surface area contributed by atoms with Crippen LogP contribution in [0.2, 0.25) is 0 Å². The van der Waals surface area contributed by atoms with E-state index >= 15 is 0 Å². The Morgan fingerprint density at radius 3 is 2.67 bits per heavy atom. The van der Waals surface area contributed by atoms with Crippen LogP contribution in [0.5, 0.6) is 0 Å². The van der Waals surface area contributed by atoms with E-state index in [4.69, 9.17) is 0 Å². The monoisotopic (exact) mass is 224 g/mol. The molecule has 1 heterocycles. The lowest BCUT2D eigenvalue weighted by Crippen LogP contribution is -2.39. The first-order valence-corrected chi connectivity index (χ1v) is 5.67. The molecule has 0 aliphatic heterocycles. The van der Waals surface area contributed by atoms with Crippen molar-refractivity contribution in [3.8, 4) is 0 Å². The molecule has 0 spiro atoms. The largest absolute Gasteiger partial charge is 0.348 e. The standard InChI is InChI=1S/C11H16N2OS/c1-8-12-9(7-15-8)5-6-10(14)13-11(2,3)4/h5-7H,1-4H3,(H,13,14)/b6-5+. The first-order valence-electron chi connectivity index (χ1n) is 4.79. The predicted molar refractivity (Wildman–Crippen MR) is 63.8 cm³/mol. The molecule has 82 valence electrons. The third-order valence-corrected chi connectivity index (χ3v) is 2.33. The maximum absolute atomic E-state index is 11.4. The van der Waals surface area contributed by atoms with Crippen LogP contribution in [0, 0.1) is 6.92 Å². The van der Waals surface area contributed by atoms with Crippen LogP contribution in [0.4, 0.5) is 0 Å². The molecule has 0 saturated carbocycles. The molecule has 0 bridgehead atoms. The lowest BCUT2D eigenvalue weighted by Gasteiger charge is -2.18. The van der Waals surface area contributed by atoms with Crippen LogP contribution >= 0.6 is 11.3 Å². The van der Waals surface area contributed by atoms with E-state index in [-0.39, 0.29) is 11.4 Å². The first-order chi connectivity index (χ1) is 6.87. The average molecular weight is 224 g/mol. The molecule has 0 aliphatic rings. The minimum atomic E-state index is -0.195. The third kappa shape index (κ3) is 4.74. The first kappa shape index (κ1) is 11.9. The Hall–Kier alpha value is -1.16. The molecule has 1 aromatic rings. The minimum Gasteiger partial charge on any atom is -0.348 e. The van der Waals surface area contributed by atoms with Crippen molar-refractivity contribution >= 4 is 23.3 Å². The van der Waals surface area contributed by atoms with Crippen molar-refractivity contribution in [3.05, 3.63) is 22.2 Å². The van der Waals surface area contributed by atoms with Gasteiger partial charge in [-0.2, -0.15) is 0 Å². The second-order valence-electron chi connectivity index (χ2n) is 4.36. The molecular formula is C11H16N2OS. The SMILES string of the molecule is Cc1nc(/C=C/C(=O)NC(C)(C)C)cs1. The van der Waals surface area contributed by atoms with Crippen LogP contribution < -0.4 is 5.32 Å². The van der Waals surface area contributed by atoms with Crippen LogP contribution in [0.1, 0.15) is 31.5 Å². The van der Waals surface area contributed by atoms with E-state index in [0.717, 1.165) is 10.7 Å². The summed E-state index contributed by atoms with van der Waals surface area (Å²) in [6.07, 6.45) is 3.24. The zero-order chi connectivity index (χ0) is 11.5. The summed E-state index contributed by atoms with van der Waals surface area (Å²) < 4.78 is 0. The Morgan fingerprint density at radius 1 is 1.53 bits per heavy atom. The van der Waals surface area contributed by atoms with Crippen LogP contribution in [0.25, 0.3) is 6.08 Å². The Morgan fingerprint density at radius 2 is 2.20 bits per heavy atom. The van der Waals surface area contributed by atoms with E-state index in [0.29, 0.717) is 0 Å². The Balaban J connectivity index is 2.55. The van der Waals surface area contributed by atoms with Crippen LogP contribution in [0.15, 0.2) is 11.5 Å². The van der Waals surface area contributed by atoms with E-state index in [1.54, 1.807) is 17.4 Å². The molecule has 1 amide bonds. The number of hydrogen-bond acceptors (Lipinski definition) is 3. The Labute approximate surface area is 94.2 Å². The molecule has 0 fully saturated rings. The summed E-state index contributed by atoms with van der Waals surface area (Å²) in [4.78, 5) is 15.6. The molecule has 15 heavy (non-hydrogen) atoms. The van der Waals surface area contributed by atoms with Gasteiger partial charge >= 0.3 is 0 Å². The summed E-state index contributed by atoms with van der Waals surface area (Å²) in [5.41, 5.74) is 0.640. The minimum absolute atomic E-state index is 0.0897. The number of thiazole rings is 1. The zero-order valence-corrected chi connectivity index (χ0v) is 10.3. The van der Waals surface area contributed by atoms with E-state index in [2.05, 4.69) is 10.3 Å². The van der Waals surface area contributed by atoms with Gasteiger partial charge in [0.1, 0.15) is 0 Å². The molecule has 1 aromatic heterocycles. The molecule has 0 aliphatic carbocycles. The van der Waals surface area contributed by atoms with E-state index in [9.17, 15) is 4.79 Å². The number of carbonyl (C=O) groups excluding carboxylic acids is 1. The van der Waals surface area contributed by atoms with Gasteiger partial charge in [-0.3, -0.25) is 4.79 Å².